The van der Waals surface area contributed by atoms with Gasteiger partial charge in [-0.05, 0) is 118 Å². The summed E-state index contributed by atoms with van der Waals surface area (Å²) in [5.41, 5.74) is 11.7. The van der Waals surface area contributed by atoms with Gasteiger partial charge < -0.3 is 63.1 Å². The molecule has 95 heavy (non-hydrogen) atoms. The minimum Gasteiger partial charge on any atom is -0.400 e. The molecule has 4 aliphatic rings. The molecule has 23 heteroatoms. The maximum Gasteiger partial charge on any atom is 0.180 e. The number of unbranched alkanes of at least 4 members (excludes halogenated alkanes) is 6. The number of fused-ring (bicyclic) bond motifs is 4. The summed E-state index contributed by atoms with van der Waals surface area (Å²) >= 11 is 0. The summed E-state index contributed by atoms with van der Waals surface area (Å²) in [6, 6.07) is 29.6. The van der Waals surface area contributed by atoms with Crippen LogP contribution in [-0.4, -0.2) is 169 Å². The number of aliphatic hydroxyl groups is 2. The fraction of sp³-hybridized carbons (Fsp3) is 0.444. The molecule has 0 aliphatic carbocycles. The highest BCUT2D eigenvalue weighted by molar-refractivity contribution is 5.86. The highest BCUT2D eigenvalue weighted by Gasteiger charge is 2.19. The number of aliphatic hydroxyl groups excluding tert-OH is 2. The van der Waals surface area contributed by atoms with Crippen LogP contribution >= 0.6 is 0 Å². The van der Waals surface area contributed by atoms with Gasteiger partial charge in [0.25, 0.3) is 0 Å². The molecule has 0 bridgehead atoms. The molecule has 4 saturated heterocycles. The molecule has 10 heterocycles. The molecule has 4 N–H and O–H groups in total. The quantitative estimate of drug-likeness (QED) is 0.0368. The van der Waals surface area contributed by atoms with Crippen LogP contribution in [-0.2, 0) is 46.4 Å². The molecule has 0 saturated carbocycles. The average Bonchev–Trinajstić information content (AvgIpc) is 1.73. The summed E-state index contributed by atoms with van der Waals surface area (Å²) in [4.78, 5) is 47.3. The minimum absolute atomic E-state index is 0.0851. The standard InChI is InChI=1S/C36H43N7O4.C31H35N7O3.C4H8O.CH4O/c44-31(26-47-34-8-4-6-20-46-34)7-3-1-2-5-16-43-33-23-27(9-10-28(33)24-38-43)32-25-42-17-15-37-36(42)35(40-32)39-29-11-13-30(14-12-29)41-18-21-45-22-19-41;39-22-27(40)5-3-1-2-4-13-38-29-19-23(6-7-24(29)20-33-38)28-21-37-14-12-32-31(37)30(35-28)34-25-8-10-26(11-9-25)36-15-17-41-18-16-36;1-2-4-5-3-1;1-2/h9-15,17,23-25,34H,1-8,16,18-22,26H2,(H,39,40);6-12,14,19-21,39H,1-5,13,15-18,22H2,(H,34,35);1-4H2;2H,1H3. The van der Waals surface area contributed by atoms with E-state index in [-0.39, 0.29) is 31.1 Å². The number of imidazole rings is 2. The number of morpholine rings is 2. The molecule has 1 unspecified atom stereocenters. The minimum atomic E-state index is -0.357. The molecule has 4 fully saturated rings. The second-order valence-corrected chi connectivity index (χ2v) is 24.1. The Hall–Kier alpha value is -8.68. The zero-order valence-electron chi connectivity index (χ0n) is 54.6. The fourth-order valence-corrected chi connectivity index (χ4v) is 12.1. The maximum atomic E-state index is 12.2. The lowest BCUT2D eigenvalue weighted by Gasteiger charge is -2.28. The Bertz CT molecular complexity index is 3990. The second kappa shape index (κ2) is 35.2. The van der Waals surface area contributed by atoms with Gasteiger partial charge in [0.15, 0.2) is 40.8 Å². The number of benzene rings is 4. The van der Waals surface area contributed by atoms with E-state index in [2.05, 4.69) is 130 Å². The summed E-state index contributed by atoms with van der Waals surface area (Å²) in [6.07, 6.45) is 29.5. The Kier molecular flexibility index (Phi) is 25.1. The predicted octanol–water partition coefficient (Wildman–Crippen LogP) is 11.6. The lowest BCUT2D eigenvalue weighted by molar-refractivity contribution is -0.169. The van der Waals surface area contributed by atoms with Crippen LogP contribution in [0.2, 0.25) is 0 Å². The van der Waals surface area contributed by atoms with Crippen molar-refractivity contribution in [2.75, 3.05) is 113 Å². The number of nitrogens with one attached hydrogen (secondary N) is 2. The van der Waals surface area contributed by atoms with Crippen molar-refractivity contribution in [1.29, 1.82) is 0 Å². The first-order valence-corrected chi connectivity index (χ1v) is 33.8. The van der Waals surface area contributed by atoms with E-state index < -0.39 is 0 Å². The predicted molar refractivity (Wildman–Crippen MR) is 370 cm³/mol. The first-order valence-electron chi connectivity index (χ1n) is 33.8. The van der Waals surface area contributed by atoms with Gasteiger partial charge in [-0.25, -0.2) is 19.9 Å². The van der Waals surface area contributed by atoms with Crippen molar-refractivity contribution < 1.29 is 43.5 Å². The van der Waals surface area contributed by atoms with Crippen molar-refractivity contribution in [2.45, 2.75) is 116 Å². The van der Waals surface area contributed by atoms with Gasteiger partial charge >= 0.3 is 0 Å². The van der Waals surface area contributed by atoms with Crippen molar-refractivity contribution in [3.05, 3.63) is 135 Å². The molecular weight excluding hydrogens is 1200 g/mol. The van der Waals surface area contributed by atoms with Gasteiger partial charge in [-0.15, -0.1) is 0 Å². The van der Waals surface area contributed by atoms with E-state index in [4.69, 9.17) is 43.9 Å². The number of Topliss-reactive ketones (excluding diaryl/α,β-unsaturated/α-hetero) is 2. The number of nitrogens with zero attached hydrogens (tertiary/aromatic N) is 12. The molecule has 10 aromatic rings. The average molecular weight is 1300 g/mol. The lowest BCUT2D eigenvalue weighted by Crippen LogP contribution is -2.36. The third-order valence-electron chi connectivity index (χ3n) is 17.4. The second-order valence-electron chi connectivity index (χ2n) is 24.1. The summed E-state index contributed by atoms with van der Waals surface area (Å²) < 4.78 is 35.2. The van der Waals surface area contributed by atoms with Crippen molar-refractivity contribution in [2.24, 2.45) is 0 Å². The van der Waals surface area contributed by atoms with Crippen LogP contribution in [0.15, 0.2) is 135 Å². The highest BCUT2D eigenvalue weighted by Crippen LogP contribution is 2.31. The zero-order valence-corrected chi connectivity index (χ0v) is 54.6. The zero-order chi connectivity index (χ0) is 65.4. The van der Waals surface area contributed by atoms with Gasteiger partial charge in [0, 0.05) is 161 Å². The Morgan fingerprint density at radius 3 is 1.46 bits per heavy atom. The van der Waals surface area contributed by atoms with Crippen molar-refractivity contribution in [3.8, 4) is 22.5 Å². The fourth-order valence-electron chi connectivity index (χ4n) is 12.1. The summed E-state index contributed by atoms with van der Waals surface area (Å²) in [7, 11) is 1.00. The first-order chi connectivity index (χ1) is 46.9. The van der Waals surface area contributed by atoms with Crippen molar-refractivity contribution >= 4 is 79.1 Å². The number of hydrogen-bond acceptors (Lipinski definition) is 19. The Balaban J connectivity index is 0.000000177. The lowest BCUT2D eigenvalue weighted by atomic mass is 10.1. The smallest absolute Gasteiger partial charge is 0.180 e. The van der Waals surface area contributed by atoms with Gasteiger partial charge in [-0.2, -0.15) is 10.2 Å². The van der Waals surface area contributed by atoms with Gasteiger partial charge in [0.2, 0.25) is 0 Å². The maximum absolute atomic E-state index is 12.2. The summed E-state index contributed by atoms with van der Waals surface area (Å²) in [5.74, 6) is 1.47. The summed E-state index contributed by atoms with van der Waals surface area (Å²) in [5, 5.41) is 34.3. The van der Waals surface area contributed by atoms with E-state index in [0.29, 0.717) is 24.5 Å². The number of aryl methyl sites for hydroxylation is 2. The number of ketones is 2. The van der Waals surface area contributed by atoms with E-state index in [1.807, 2.05) is 50.7 Å². The largest absolute Gasteiger partial charge is 0.400 e. The number of carbonyl (C=O) groups excluding carboxylic acids is 2. The van der Waals surface area contributed by atoms with E-state index in [1.54, 1.807) is 12.4 Å². The number of anilines is 6. The molecule has 14 rings (SSSR count). The molecular formula is C72H90N14O9. The van der Waals surface area contributed by atoms with Crippen LogP contribution in [0, 0.1) is 0 Å². The van der Waals surface area contributed by atoms with Crippen LogP contribution < -0.4 is 20.4 Å². The van der Waals surface area contributed by atoms with E-state index >= 15 is 0 Å². The van der Waals surface area contributed by atoms with Crippen molar-refractivity contribution in [3.63, 3.8) is 0 Å². The van der Waals surface area contributed by atoms with E-state index in [1.165, 1.54) is 24.2 Å². The summed E-state index contributed by atoms with van der Waals surface area (Å²) in [6.45, 7) is 10.8. The molecule has 0 spiro atoms. The monoisotopic (exact) mass is 1290 g/mol. The van der Waals surface area contributed by atoms with Crippen LogP contribution in [0.1, 0.15) is 96.3 Å². The van der Waals surface area contributed by atoms with Crippen molar-refractivity contribution in [1.82, 2.24) is 48.3 Å². The van der Waals surface area contributed by atoms with Gasteiger partial charge in [0.1, 0.15) is 13.2 Å². The first kappa shape index (κ1) is 67.7. The molecule has 23 nitrogen and oxygen atoms in total. The van der Waals surface area contributed by atoms with Gasteiger partial charge in [-0.1, -0.05) is 49.9 Å². The third-order valence-corrected chi connectivity index (χ3v) is 17.4. The number of rotatable bonds is 26. The normalized spacial score (nSPS) is 15.7. The Morgan fingerprint density at radius 1 is 0.547 bits per heavy atom. The SMILES string of the molecule is C1CCOC1.CO.O=C(CCCCCCn1ncc2ccc(-c3cn4ccnc4c(Nc4ccc(N5CCOCC5)cc4)n3)cc21)COC1CCCCO1.O=C(CO)CCCCCCn1ncc2ccc(-c3cn4ccnc4c(Nc4ccc(N5CCOCC5)cc4)n3)cc21. The highest BCUT2D eigenvalue weighted by atomic mass is 16.7. The Morgan fingerprint density at radius 2 is 1.01 bits per heavy atom. The van der Waals surface area contributed by atoms with Gasteiger partial charge in [-0.3, -0.25) is 19.0 Å². The number of aromatic nitrogens is 10. The molecule has 0 radical (unpaired) electrons. The molecule has 4 aliphatic heterocycles. The van der Waals surface area contributed by atoms with E-state index in [9.17, 15) is 9.59 Å². The van der Waals surface area contributed by atoms with Crippen LogP contribution in [0.3, 0.4) is 0 Å². The number of ether oxygens (including phenoxy) is 5. The van der Waals surface area contributed by atoms with E-state index in [0.717, 1.165) is 230 Å². The molecule has 1 atom stereocenters. The van der Waals surface area contributed by atoms with Crippen LogP contribution in [0.4, 0.5) is 34.4 Å². The van der Waals surface area contributed by atoms with Crippen LogP contribution in [0.25, 0.3) is 55.6 Å². The Labute approximate surface area is 554 Å². The number of carbonyl (C=O) groups is 2. The van der Waals surface area contributed by atoms with Gasteiger partial charge in [0.05, 0.1) is 61.2 Å². The number of hydrogen-bond donors (Lipinski definition) is 4. The topological polar surface area (TPSA) is 247 Å². The molecule has 0 amide bonds. The third kappa shape index (κ3) is 18.8. The molecule has 6 aromatic heterocycles. The van der Waals surface area contributed by atoms with Crippen LogP contribution in [0.5, 0.6) is 0 Å². The molecule has 502 valence electrons. The molecule has 4 aromatic carbocycles.